The molecule has 0 aromatic heterocycles. The smallest absolute Gasteiger partial charge is 0.141 e. The zero-order chi connectivity index (χ0) is 15.6. The summed E-state index contributed by atoms with van der Waals surface area (Å²) in [6.07, 6.45) is 0. The van der Waals surface area contributed by atoms with E-state index in [4.69, 9.17) is 21.1 Å². The predicted octanol–water partition coefficient (Wildman–Crippen LogP) is 6.37. The lowest BCUT2D eigenvalue weighted by atomic mass is 10.0. The van der Waals surface area contributed by atoms with E-state index in [0.717, 1.165) is 31.6 Å². The Morgan fingerprint density at radius 2 is 1.67 bits per heavy atom. The van der Waals surface area contributed by atoms with Gasteiger partial charge in [0, 0.05) is 15.1 Å². The fourth-order valence-corrected chi connectivity index (χ4v) is 4.35. The van der Waals surface area contributed by atoms with Crippen LogP contribution >= 0.6 is 59.4 Å². The van der Waals surface area contributed by atoms with E-state index in [2.05, 4.69) is 47.8 Å². The molecule has 0 fully saturated rings. The van der Waals surface area contributed by atoms with Crippen LogP contribution in [0.5, 0.6) is 11.5 Å². The average Bonchev–Trinajstić information content (AvgIpc) is 2.46. The van der Waals surface area contributed by atoms with Crippen LogP contribution in [0.3, 0.4) is 0 Å². The van der Waals surface area contributed by atoms with Crippen LogP contribution in [0.15, 0.2) is 39.3 Å². The summed E-state index contributed by atoms with van der Waals surface area (Å²) in [5.41, 5.74) is 1.93. The summed E-state index contributed by atoms with van der Waals surface area (Å²) in [7, 11) is 3.25. The van der Waals surface area contributed by atoms with E-state index in [-0.39, 0.29) is 4.83 Å². The first kappa shape index (κ1) is 17.1. The zero-order valence-electron chi connectivity index (χ0n) is 11.3. The lowest BCUT2D eigenvalue weighted by Gasteiger charge is -2.18. The number of benzene rings is 2. The van der Waals surface area contributed by atoms with Crippen LogP contribution in [0, 0.1) is 0 Å². The van der Waals surface area contributed by atoms with Crippen LogP contribution in [0.1, 0.15) is 16.0 Å². The largest absolute Gasteiger partial charge is 0.495 e. The van der Waals surface area contributed by atoms with E-state index in [1.54, 1.807) is 14.2 Å². The van der Waals surface area contributed by atoms with Crippen molar-refractivity contribution in [3.05, 3.63) is 55.4 Å². The molecular formula is C15H12Br3ClO2. The van der Waals surface area contributed by atoms with Crippen LogP contribution in [0.2, 0.25) is 5.02 Å². The highest BCUT2D eigenvalue weighted by molar-refractivity contribution is 9.11. The predicted molar refractivity (Wildman–Crippen MR) is 97.2 cm³/mol. The molecule has 0 amide bonds. The van der Waals surface area contributed by atoms with Gasteiger partial charge in [-0.1, -0.05) is 55.6 Å². The maximum atomic E-state index is 6.33. The molecule has 6 heteroatoms. The first-order valence-corrected chi connectivity index (χ1v) is 8.87. The first-order chi connectivity index (χ1) is 9.99. The summed E-state index contributed by atoms with van der Waals surface area (Å²) in [6.45, 7) is 0. The maximum Gasteiger partial charge on any atom is 0.141 e. The minimum atomic E-state index is -0.0877. The zero-order valence-corrected chi connectivity index (χ0v) is 16.8. The summed E-state index contributed by atoms with van der Waals surface area (Å²) in [5, 5.41) is 0.681. The van der Waals surface area contributed by atoms with Gasteiger partial charge in [-0.15, -0.1) is 0 Å². The van der Waals surface area contributed by atoms with E-state index >= 15 is 0 Å². The van der Waals surface area contributed by atoms with E-state index in [9.17, 15) is 0 Å². The molecule has 1 atom stereocenters. The molecule has 112 valence electrons. The average molecular weight is 499 g/mol. The Kier molecular flexibility index (Phi) is 6.00. The van der Waals surface area contributed by atoms with Gasteiger partial charge < -0.3 is 9.47 Å². The molecule has 2 aromatic carbocycles. The number of ether oxygens (including phenoxy) is 2. The lowest BCUT2D eigenvalue weighted by molar-refractivity contribution is 0.386. The van der Waals surface area contributed by atoms with Gasteiger partial charge in [-0.25, -0.2) is 0 Å². The van der Waals surface area contributed by atoms with Crippen molar-refractivity contribution in [3.8, 4) is 11.5 Å². The number of methoxy groups -OCH3 is 2. The van der Waals surface area contributed by atoms with E-state index in [1.807, 2.05) is 30.3 Å². The molecule has 0 aliphatic rings. The van der Waals surface area contributed by atoms with Gasteiger partial charge in [-0.2, -0.15) is 0 Å². The molecule has 1 unspecified atom stereocenters. The first-order valence-electron chi connectivity index (χ1n) is 5.99. The van der Waals surface area contributed by atoms with Crippen molar-refractivity contribution < 1.29 is 9.47 Å². The number of halogens is 4. The third-order valence-electron chi connectivity index (χ3n) is 3.02. The lowest BCUT2D eigenvalue weighted by Crippen LogP contribution is -2.00. The molecule has 0 spiro atoms. The monoisotopic (exact) mass is 496 g/mol. The molecule has 0 saturated heterocycles. The third-order valence-corrected chi connectivity index (χ3v) is 5.58. The van der Waals surface area contributed by atoms with Gasteiger partial charge in [-0.3, -0.25) is 0 Å². The van der Waals surface area contributed by atoms with Crippen LogP contribution < -0.4 is 9.47 Å². The van der Waals surface area contributed by atoms with Crippen molar-refractivity contribution >= 4 is 59.4 Å². The molecule has 0 radical (unpaired) electrons. The van der Waals surface area contributed by atoms with Gasteiger partial charge in [0.2, 0.25) is 0 Å². The molecule has 0 saturated carbocycles. The van der Waals surface area contributed by atoms with Gasteiger partial charge in [0.15, 0.2) is 0 Å². The van der Waals surface area contributed by atoms with Crippen LogP contribution in [-0.4, -0.2) is 14.2 Å². The summed E-state index contributed by atoms with van der Waals surface area (Å²) in [5.74, 6) is 1.44. The summed E-state index contributed by atoms with van der Waals surface area (Å²) < 4.78 is 12.5. The second kappa shape index (κ2) is 7.36. The van der Waals surface area contributed by atoms with Gasteiger partial charge in [0.05, 0.1) is 19.0 Å². The second-order valence-corrected chi connectivity index (χ2v) is 7.26. The molecule has 0 N–H and O–H groups in total. The highest BCUT2D eigenvalue weighted by Gasteiger charge is 2.21. The van der Waals surface area contributed by atoms with Gasteiger partial charge in [0.25, 0.3) is 0 Å². The van der Waals surface area contributed by atoms with Crippen LogP contribution in [0.4, 0.5) is 0 Å². The fraction of sp³-hybridized carbons (Fsp3) is 0.200. The normalized spacial score (nSPS) is 12.1. The number of hydrogen-bond donors (Lipinski definition) is 0. The summed E-state index contributed by atoms with van der Waals surface area (Å²) in [4.78, 5) is -0.0877. The standard InChI is InChI=1S/C15H12Br3ClO2/c1-20-12-6-5-10(15(21-2)14(12)18)13(17)9-4-3-8(16)7-11(9)19/h3-7,13H,1-2H3. The van der Waals surface area contributed by atoms with E-state index in [1.165, 1.54) is 0 Å². The summed E-state index contributed by atoms with van der Waals surface area (Å²) in [6, 6.07) is 9.66. The van der Waals surface area contributed by atoms with Gasteiger partial charge in [0.1, 0.15) is 16.0 Å². The van der Waals surface area contributed by atoms with E-state index in [0.29, 0.717) is 5.02 Å². The van der Waals surface area contributed by atoms with Crippen molar-refractivity contribution in [2.45, 2.75) is 4.83 Å². The molecule has 21 heavy (non-hydrogen) atoms. The Hall–Kier alpha value is -0.230. The minimum absolute atomic E-state index is 0.0877. The number of hydrogen-bond acceptors (Lipinski definition) is 2. The third kappa shape index (κ3) is 3.58. The molecule has 0 bridgehead atoms. The Morgan fingerprint density at radius 3 is 2.24 bits per heavy atom. The highest BCUT2D eigenvalue weighted by Crippen LogP contribution is 2.45. The van der Waals surface area contributed by atoms with Gasteiger partial charge in [-0.05, 0) is 39.7 Å². The number of rotatable bonds is 4. The fourth-order valence-electron chi connectivity index (χ4n) is 1.99. The quantitative estimate of drug-likeness (QED) is 0.456. The van der Waals surface area contributed by atoms with Crippen molar-refractivity contribution in [1.82, 2.24) is 0 Å². The Balaban J connectivity index is 2.52. The second-order valence-electron chi connectivity index (χ2n) is 4.23. The van der Waals surface area contributed by atoms with Crippen LogP contribution in [0.25, 0.3) is 0 Å². The van der Waals surface area contributed by atoms with Crippen molar-refractivity contribution in [3.63, 3.8) is 0 Å². The molecular weight excluding hydrogens is 487 g/mol. The Morgan fingerprint density at radius 1 is 1.00 bits per heavy atom. The van der Waals surface area contributed by atoms with Crippen molar-refractivity contribution in [2.75, 3.05) is 14.2 Å². The molecule has 0 aliphatic heterocycles. The van der Waals surface area contributed by atoms with E-state index < -0.39 is 0 Å². The molecule has 0 aliphatic carbocycles. The SMILES string of the molecule is COc1ccc(C(Br)c2ccc(Br)cc2Cl)c(OC)c1Br. The molecule has 2 rings (SSSR count). The molecule has 2 aromatic rings. The van der Waals surface area contributed by atoms with Gasteiger partial charge >= 0.3 is 0 Å². The maximum absolute atomic E-state index is 6.33. The Bertz CT molecular complexity index is 662. The minimum Gasteiger partial charge on any atom is -0.495 e. The van der Waals surface area contributed by atoms with Crippen LogP contribution in [-0.2, 0) is 0 Å². The molecule has 0 heterocycles. The highest BCUT2D eigenvalue weighted by atomic mass is 79.9. The molecule has 2 nitrogen and oxygen atoms in total. The van der Waals surface area contributed by atoms with Crippen molar-refractivity contribution in [1.29, 1.82) is 0 Å². The Labute approximate surface area is 154 Å². The van der Waals surface area contributed by atoms with Crippen molar-refractivity contribution in [2.24, 2.45) is 0 Å². The number of alkyl halides is 1. The topological polar surface area (TPSA) is 18.5 Å². The summed E-state index contributed by atoms with van der Waals surface area (Å²) >= 11 is 17.0.